The molecule has 0 radical (unpaired) electrons. The Morgan fingerprint density at radius 3 is 2.58 bits per heavy atom. The summed E-state index contributed by atoms with van der Waals surface area (Å²) in [7, 11) is 0. The number of aromatic hydroxyl groups is 1. The summed E-state index contributed by atoms with van der Waals surface area (Å²) >= 11 is 0. The number of hydrogen-bond donors (Lipinski definition) is 3. The molecular formula is C15H14N2O2. The summed E-state index contributed by atoms with van der Waals surface area (Å²) in [5.74, 6) is 0.495. The summed E-state index contributed by atoms with van der Waals surface area (Å²) < 4.78 is 0. The van der Waals surface area contributed by atoms with Crippen molar-refractivity contribution in [3.63, 3.8) is 0 Å². The van der Waals surface area contributed by atoms with E-state index in [4.69, 9.17) is 0 Å². The summed E-state index contributed by atoms with van der Waals surface area (Å²) in [6.45, 7) is 7.12. The molecule has 0 aliphatic heterocycles. The van der Waals surface area contributed by atoms with E-state index in [1.807, 2.05) is 0 Å². The predicted molar refractivity (Wildman–Crippen MR) is 77.4 cm³/mol. The summed E-state index contributed by atoms with van der Waals surface area (Å²) in [5, 5.41) is 22.1. The van der Waals surface area contributed by atoms with E-state index in [0.717, 1.165) is 0 Å². The van der Waals surface area contributed by atoms with Crippen molar-refractivity contribution in [2.75, 3.05) is 5.32 Å². The summed E-state index contributed by atoms with van der Waals surface area (Å²) in [6.07, 6.45) is 1.59. The second-order valence-corrected chi connectivity index (χ2v) is 3.93. The maximum Gasteiger partial charge on any atom is 0.139 e. The van der Waals surface area contributed by atoms with Crippen molar-refractivity contribution in [3.05, 3.63) is 60.8 Å². The topological polar surface area (TPSA) is 65.4 Å². The molecule has 19 heavy (non-hydrogen) atoms. The zero-order valence-electron chi connectivity index (χ0n) is 10.3. The average molecular weight is 254 g/mol. The molecule has 4 heteroatoms. The number of nitrogens with zero attached hydrogens (tertiary/aromatic N) is 1. The normalized spacial score (nSPS) is 9.89. The first kappa shape index (κ1) is 12.7. The SMILES string of the molecule is C=Cc1ccc(Nc2ccccc2O)nc1C(=C)O. The number of aliphatic hydroxyl groups is 1. The fraction of sp³-hybridized carbons (Fsp3) is 0. The van der Waals surface area contributed by atoms with E-state index in [0.29, 0.717) is 22.8 Å². The molecule has 0 atom stereocenters. The van der Waals surface area contributed by atoms with Crippen molar-refractivity contribution in [1.29, 1.82) is 0 Å². The Labute approximate surface area is 111 Å². The van der Waals surface area contributed by atoms with Crippen LogP contribution in [0, 0.1) is 0 Å². The van der Waals surface area contributed by atoms with Gasteiger partial charge in [-0.25, -0.2) is 4.98 Å². The van der Waals surface area contributed by atoms with Crippen LogP contribution in [-0.2, 0) is 0 Å². The molecule has 0 aliphatic carbocycles. The molecule has 1 aromatic heterocycles. The molecule has 0 bridgehead atoms. The van der Waals surface area contributed by atoms with E-state index in [2.05, 4.69) is 23.5 Å². The van der Waals surface area contributed by atoms with Gasteiger partial charge < -0.3 is 15.5 Å². The highest BCUT2D eigenvalue weighted by molar-refractivity contribution is 5.69. The lowest BCUT2D eigenvalue weighted by Crippen LogP contribution is -1.98. The van der Waals surface area contributed by atoms with Crippen LogP contribution in [0.5, 0.6) is 5.75 Å². The molecule has 96 valence electrons. The number of anilines is 2. The Morgan fingerprint density at radius 1 is 1.21 bits per heavy atom. The Hall–Kier alpha value is -2.75. The van der Waals surface area contributed by atoms with Crippen LogP contribution in [-0.4, -0.2) is 15.2 Å². The van der Waals surface area contributed by atoms with Crippen LogP contribution < -0.4 is 5.32 Å². The number of aliphatic hydroxyl groups excluding tert-OH is 1. The van der Waals surface area contributed by atoms with Gasteiger partial charge >= 0.3 is 0 Å². The predicted octanol–water partition coefficient (Wildman–Crippen LogP) is 3.70. The van der Waals surface area contributed by atoms with Gasteiger partial charge in [0, 0.05) is 5.56 Å². The molecule has 0 aliphatic rings. The largest absolute Gasteiger partial charge is 0.506 e. The van der Waals surface area contributed by atoms with Crippen molar-refractivity contribution in [3.8, 4) is 5.75 Å². The Morgan fingerprint density at radius 2 is 1.95 bits per heavy atom. The third-order valence-corrected chi connectivity index (χ3v) is 2.59. The van der Waals surface area contributed by atoms with Crippen molar-refractivity contribution >= 4 is 23.3 Å². The minimum Gasteiger partial charge on any atom is -0.506 e. The second kappa shape index (κ2) is 5.27. The lowest BCUT2D eigenvalue weighted by Gasteiger charge is -2.10. The molecule has 4 nitrogen and oxygen atoms in total. The number of phenolic OH excluding ortho intramolecular Hbond substituents is 1. The standard InChI is InChI=1S/C15H14N2O2/c1-3-11-8-9-14(17-15(11)10(2)18)16-12-6-4-5-7-13(12)19/h3-9,18-19H,1-2H2,(H,16,17). The fourth-order valence-electron chi connectivity index (χ4n) is 1.65. The lowest BCUT2D eigenvalue weighted by atomic mass is 10.1. The van der Waals surface area contributed by atoms with Crippen molar-refractivity contribution in [2.24, 2.45) is 0 Å². The fourth-order valence-corrected chi connectivity index (χ4v) is 1.65. The molecule has 2 rings (SSSR count). The number of pyridine rings is 1. The number of rotatable bonds is 4. The van der Waals surface area contributed by atoms with Crippen molar-refractivity contribution < 1.29 is 10.2 Å². The first-order chi connectivity index (χ1) is 9.11. The number of hydrogen-bond acceptors (Lipinski definition) is 4. The van der Waals surface area contributed by atoms with Crippen LogP contribution in [0.15, 0.2) is 49.6 Å². The first-order valence-electron chi connectivity index (χ1n) is 5.68. The quantitative estimate of drug-likeness (QED) is 0.575. The average Bonchev–Trinajstić information content (AvgIpc) is 2.41. The van der Waals surface area contributed by atoms with Gasteiger partial charge in [-0.15, -0.1) is 0 Å². The molecule has 0 saturated carbocycles. The summed E-state index contributed by atoms with van der Waals surface area (Å²) in [6, 6.07) is 10.3. The highest BCUT2D eigenvalue weighted by Gasteiger charge is 2.07. The van der Waals surface area contributed by atoms with Crippen molar-refractivity contribution in [2.45, 2.75) is 0 Å². The van der Waals surface area contributed by atoms with Crippen LogP contribution in [0.2, 0.25) is 0 Å². The Bertz CT molecular complexity index is 636. The van der Waals surface area contributed by atoms with E-state index in [-0.39, 0.29) is 11.5 Å². The Balaban J connectivity index is 2.37. The van der Waals surface area contributed by atoms with Gasteiger partial charge in [-0.1, -0.05) is 31.4 Å². The summed E-state index contributed by atoms with van der Waals surface area (Å²) in [4.78, 5) is 4.24. The third kappa shape index (κ3) is 2.74. The second-order valence-electron chi connectivity index (χ2n) is 3.93. The van der Waals surface area contributed by atoms with Crippen LogP contribution in [0.25, 0.3) is 11.8 Å². The van der Waals surface area contributed by atoms with Gasteiger partial charge in [-0.3, -0.25) is 0 Å². The maximum atomic E-state index is 9.68. The van der Waals surface area contributed by atoms with E-state index >= 15 is 0 Å². The monoisotopic (exact) mass is 254 g/mol. The highest BCUT2D eigenvalue weighted by Crippen LogP contribution is 2.26. The van der Waals surface area contributed by atoms with Gasteiger partial charge in [-0.05, 0) is 24.3 Å². The van der Waals surface area contributed by atoms with Crippen LogP contribution in [0.3, 0.4) is 0 Å². The number of benzene rings is 1. The minimum atomic E-state index is -0.129. The van der Waals surface area contributed by atoms with Gasteiger partial charge in [0.05, 0.1) is 5.69 Å². The zero-order valence-corrected chi connectivity index (χ0v) is 10.3. The van der Waals surface area contributed by atoms with E-state index < -0.39 is 0 Å². The molecule has 0 spiro atoms. The summed E-state index contributed by atoms with van der Waals surface area (Å²) in [5.41, 5.74) is 1.58. The van der Waals surface area contributed by atoms with Crippen LogP contribution in [0.1, 0.15) is 11.3 Å². The molecule has 3 N–H and O–H groups in total. The molecule has 0 fully saturated rings. The van der Waals surface area contributed by atoms with Gasteiger partial charge in [-0.2, -0.15) is 0 Å². The molecule has 0 amide bonds. The molecule has 1 heterocycles. The number of phenols is 1. The molecule has 2 aromatic rings. The van der Waals surface area contributed by atoms with Crippen molar-refractivity contribution in [1.82, 2.24) is 4.98 Å². The smallest absolute Gasteiger partial charge is 0.139 e. The van der Waals surface area contributed by atoms with Gasteiger partial charge in [0.15, 0.2) is 0 Å². The lowest BCUT2D eigenvalue weighted by molar-refractivity contribution is 0.477. The van der Waals surface area contributed by atoms with E-state index in [9.17, 15) is 10.2 Å². The van der Waals surface area contributed by atoms with Gasteiger partial charge in [0.2, 0.25) is 0 Å². The zero-order chi connectivity index (χ0) is 13.8. The van der Waals surface area contributed by atoms with Crippen LogP contribution in [0.4, 0.5) is 11.5 Å². The van der Waals surface area contributed by atoms with Gasteiger partial charge in [0.1, 0.15) is 23.0 Å². The van der Waals surface area contributed by atoms with E-state index in [1.54, 1.807) is 42.5 Å². The maximum absolute atomic E-state index is 9.68. The van der Waals surface area contributed by atoms with Crippen LogP contribution >= 0.6 is 0 Å². The highest BCUT2D eigenvalue weighted by atomic mass is 16.3. The minimum absolute atomic E-state index is 0.126. The number of aromatic nitrogens is 1. The Kier molecular flexibility index (Phi) is 3.52. The number of para-hydroxylation sites is 2. The molecule has 0 unspecified atom stereocenters. The number of nitrogens with one attached hydrogen (secondary N) is 1. The third-order valence-electron chi connectivity index (χ3n) is 2.59. The molecule has 0 saturated heterocycles. The van der Waals surface area contributed by atoms with Gasteiger partial charge in [0.25, 0.3) is 0 Å². The first-order valence-corrected chi connectivity index (χ1v) is 5.68. The molecule has 1 aromatic carbocycles. The molecular weight excluding hydrogens is 240 g/mol. The van der Waals surface area contributed by atoms with E-state index in [1.165, 1.54) is 0 Å².